The Balaban J connectivity index is 2.19. The van der Waals surface area contributed by atoms with Gasteiger partial charge in [-0.2, -0.15) is 0 Å². The van der Waals surface area contributed by atoms with Gasteiger partial charge in [0.05, 0.1) is 13.2 Å². The zero-order valence-corrected chi connectivity index (χ0v) is 13.5. The summed E-state index contributed by atoms with van der Waals surface area (Å²) in [6.45, 7) is 4.86. The molecule has 3 amide bonds. The first-order valence-corrected chi connectivity index (χ1v) is 7.78. The minimum Gasteiger partial charge on any atom is -0.494 e. The second-order valence-corrected chi connectivity index (χ2v) is 5.19. The third-order valence-electron chi connectivity index (χ3n) is 3.61. The number of nitrogens with one attached hydrogen (secondary N) is 2. The maximum Gasteiger partial charge on any atom is 0.326 e. The SMILES string of the molecule is CCOc1ccc2ccc(OCC)c(C=C3NC(=O)NC3=O)c2c1. The van der Waals surface area contributed by atoms with Crippen LogP contribution in [0.5, 0.6) is 11.5 Å². The molecular weight excluding hydrogens is 308 g/mol. The molecule has 2 aromatic carbocycles. The highest BCUT2D eigenvalue weighted by Crippen LogP contribution is 2.33. The second-order valence-electron chi connectivity index (χ2n) is 5.19. The number of amides is 3. The molecule has 6 heteroatoms. The van der Waals surface area contributed by atoms with E-state index in [-0.39, 0.29) is 5.70 Å². The fourth-order valence-electron chi connectivity index (χ4n) is 2.62. The van der Waals surface area contributed by atoms with Gasteiger partial charge >= 0.3 is 6.03 Å². The topological polar surface area (TPSA) is 76.7 Å². The molecule has 6 nitrogen and oxygen atoms in total. The van der Waals surface area contributed by atoms with Crippen molar-refractivity contribution in [2.24, 2.45) is 0 Å². The lowest BCUT2D eigenvalue weighted by atomic mass is 10.0. The van der Waals surface area contributed by atoms with Crippen molar-refractivity contribution >= 4 is 28.8 Å². The van der Waals surface area contributed by atoms with Crippen LogP contribution in [-0.4, -0.2) is 25.2 Å². The molecule has 0 spiro atoms. The minimum atomic E-state index is -0.528. The molecule has 0 aliphatic carbocycles. The lowest BCUT2D eigenvalue weighted by Crippen LogP contribution is -2.22. The molecule has 2 aromatic rings. The zero-order valence-electron chi connectivity index (χ0n) is 13.5. The number of carbonyl (C=O) groups is 2. The average Bonchev–Trinajstić information content (AvgIpc) is 2.88. The monoisotopic (exact) mass is 326 g/mol. The third kappa shape index (κ3) is 3.03. The summed E-state index contributed by atoms with van der Waals surface area (Å²) < 4.78 is 11.3. The number of carbonyl (C=O) groups excluding carboxylic acids is 2. The maximum atomic E-state index is 11.8. The summed E-state index contributed by atoms with van der Waals surface area (Å²) >= 11 is 0. The summed E-state index contributed by atoms with van der Waals surface area (Å²) in [7, 11) is 0. The molecule has 0 atom stereocenters. The lowest BCUT2D eigenvalue weighted by Gasteiger charge is -2.12. The van der Waals surface area contributed by atoms with Gasteiger partial charge in [-0.25, -0.2) is 4.79 Å². The van der Waals surface area contributed by atoms with E-state index in [0.29, 0.717) is 19.0 Å². The standard InChI is InChI=1S/C18H18N2O4/c1-3-23-12-7-5-11-6-8-16(24-4-2)14(13(11)9-12)10-15-17(21)20-18(22)19-15/h5-10H,3-4H2,1-2H3,(H2,19,20,21,22). The van der Waals surface area contributed by atoms with E-state index in [9.17, 15) is 9.59 Å². The molecule has 1 aliphatic heterocycles. The summed E-state index contributed by atoms with van der Waals surface area (Å²) in [6.07, 6.45) is 1.63. The van der Waals surface area contributed by atoms with Gasteiger partial charge < -0.3 is 14.8 Å². The quantitative estimate of drug-likeness (QED) is 0.654. The molecule has 24 heavy (non-hydrogen) atoms. The Labute approximate surface area is 139 Å². The largest absolute Gasteiger partial charge is 0.494 e. The number of hydrogen-bond acceptors (Lipinski definition) is 4. The first kappa shape index (κ1) is 15.9. The number of fused-ring (bicyclic) bond motifs is 1. The molecule has 0 bridgehead atoms. The van der Waals surface area contributed by atoms with Crippen LogP contribution >= 0.6 is 0 Å². The molecule has 1 heterocycles. The third-order valence-corrected chi connectivity index (χ3v) is 3.61. The van der Waals surface area contributed by atoms with Gasteiger partial charge in [-0.3, -0.25) is 10.1 Å². The molecule has 2 N–H and O–H groups in total. The summed E-state index contributed by atoms with van der Waals surface area (Å²) in [5.41, 5.74) is 0.915. The highest BCUT2D eigenvalue weighted by Gasteiger charge is 2.23. The second kappa shape index (κ2) is 6.62. The van der Waals surface area contributed by atoms with Crippen molar-refractivity contribution in [1.29, 1.82) is 0 Å². The zero-order chi connectivity index (χ0) is 17.1. The highest BCUT2D eigenvalue weighted by atomic mass is 16.5. The lowest BCUT2D eigenvalue weighted by molar-refractivity contribution is -0.115. The van der Waals surface area contributed by atoms with Gasteiger partial charge in [-0.05, 0) is 48.9 Å². The number of imide groups is 1. The van der Waals surface area contributed by atoms with Crippen LogP contribution in [0.15, 0.2) is 36.0 Å². The van der Waals surface area contributed by atoms with Gasteiger partial charge in [0.2, 0.25) is 0 Å². The fraction of sp³-hybridized carbons (Fsp3) is 0.222. The molecule has 3 rings (SSSR count). The van der Waals surface area contributed by atoms with Gasteiger partial charge in [-0.1, -0.05) is 12.1 Å². The van der Waals surface area contributed by atoms with E-state index in [0.717, 1.165) is 22.1 Å². The van der Waals surface area contributed by atoms with Gasteiger partial charge in [0.15, 0.2) is 0 Å². The van der Waals surface area contributed by atoms with Crippen molar-refractivity contribution in [1.82, 2.24) is 10.6 Å². The minimum absolute atomic E-state index is 0.190. The van der Waals surface area contributed by atoms with E-state index in [1.54, 1.807) is 6.08 Å². The molecule has 0 saturated carbocycles. The van der Waals surface area contributed by atoms with Crippen LogP contribution in [0, 0.1) is 0 Å². The van der Waals surface area contributed by atoms with Crippen molar-refractivity contribution in [2.45, 2.75) is 13.8 Å². The molecule has 0 radical (unpaired) electrons. The van der Waals surface area contributed by atoms with E-state index in [4.69, 9.17) is 9.47 Å². The van der Waals surface area contributed by atoms with Gasteiger partial charge in [0.1, 0.15) is 17.2 Å². The Morgan fingerprint density at radius 1 is 1.00 bits per heavy atom. The van der Waals surface area contributed by atoms with Crippen LogP contribution in [0.3, 0.4) is 0 Å². The molecule has 1 aliphatic rings. The Morgan fingerprint density at radius 2 is 1.75 bits per heavy atom. The summed E-state index contributed by atoms with van der Waals surface area (Å²) in [5.74, 6) is 0.915. The van der Waals surface area contributed by atoms with E-state index in [2.05, 4.69) is 10.6 Å². The van der Waals surface area contributed by atoms with Crippen molar-refractivity contribution in [3.8, 4) is 11.5 Å². The predicted molar refractivity (Wildman–Crippen MR) is 90.9 cm³/mol. The number of urea groups is 1. The Kier molecular flexibility index (Phi) is 4.37. The van der Waals surface area contributed by atoms with Crippen molar-refractivity contribution in [2.75, 3.05) is 13.2 Å². The number of benzene rings is 2. The highest BCUT2D eigenvalue weighted by molar-refractivity contribution is 6.15. The first-order chi connectivity index (χ1) is 11.6. The first-order valence-electron chi connectivity index (χ1n) is 7.78. The molecule has 1 saturated heterocycles. The summed E-state index contributed by atoms with van der Waals surface area (Å²) in [5, 5.41) is 6.56. The number of rotatable bonds is 5. The van der Waals surface area contributed by atoms with Gasteiger partial charge in [-0.15, -0.1) is 0 Å². The Hall–Kier alpha value is -3.02. The normalized spacial score (nSPS) is 15.5. The Bertz CT molecular complexity index is 837. The van der Waals surface area contributed by atoms with E-state index < -0.39 is 11.9 Å². The van der Waals surface area contributed by atoms with E-state index in [1.165, 1.54) is 0 Å². The fourth-order valence-corrected chi connectivity index (χ4v) is 2.62. The van der Waals surface area contributed by atoms with Crippen molar-refractivity contribution in [3.63, 3.8) is 0 Å². The predicted octanol–water partition coefficient (Wildman–Crippen LogP) is 2.82. The maximum absolute atomic E-state index is 11.8. The van der Waals surface area contributed by atoms with Crippen LogP contribution in [0.4, 0.5) is 4.79 Å². The van der Waals surface area contributed by atoms with Gasteiger partial charge in [0, 0.05) is 5.56 Å². The molecule has 124 valence electrons. The van der Waals surface area contributed by atoms with Crippen LogP contribution in [0.25, 0.3) is 16.8 Å². The summed E-state index contributed by atoms with van der Waals surface area (Å²) in [6, 6.07) is 9.03. The smallest absolute Gasteiger partial charge is 0.326 e. The van der Waals surface area contributed by atoms with Crippen molar-refractivity contribution in [3.05, 3.63) is 41.6 Å². The molecular formula is C18H18N2O4. The number of hydrogen-bond donors (Lipinski definition) is 2. The van der Waals surface area contributed by atoms with Crippen LogP contribution in [0.2, 0.25) is 0 Å². The van der Waals surface area contributed by atoms with E-state index in [1.807, 2.05) is 44.2 Å². The average molecular weight is 326 g/mol. The molecule has 0 aromatic heterocycles. The van der Waals surface area contributed by atoms with Crippen LogP contribution in [-0.2, 0) is 4.79 Å². The summed E-state index contributed by atoms with van der Waals surface area (Å²) in [4.78, 5) is 23.2. The van der Waals surface area contributed by atoms with Gasteiger partial charge in [0.25, 0.3) is 5.91 Å². The van der Waals surface area contributed by atoms with Crippen LogP contribution in [0.1, 0.15) is 19.4 Å². The molecule has 1 fully saturated rings. The van der Waals surface area contributed by atoms with E-state index >= 15 is 0 Å². The van der Waals surface area contributed by atoms with Crippen LogP contribution < -0.4 is 20.1 Å². The molecule has 0 unspecified atom stereocenters. The number of ether oxygens (including phenoxy) is 2. The van der Waals surface area contributed by atoms with Crippen molar-refractivity contribution < 1.29 is 19.1 Å². The Morgan fingerprint density at radius 3 is 2.42 bits per heavy atom.